The maximum atomic E-state index is 9.10. The minimum atomic E-state index is -1.82. The van der Waals surface area contributed by atoms with Crippen LogP contribution in [0, 0.1) is 5.92 Å². The van der Waals surface area contributed by atoms with Crippen molar-refractivity contribution in [3.05, 3.63) is 30.1 Å². The first-order valence-electron chi connectivity index (χ1n) is 9.27. The molecule has 7 nitrogen and oxygen atoms in total. The summed E-state index contributed by atoms with van der Waals surface area (Å²) in [5.41, 5.74) is 1.34. The predicted molar refractivity (Wildman–Crippen MR) is 97.8 cm³/mol. The molecule has 1 saturated carbocycles. The third kappa shape index (κ3) is 6.72. The van der Waals surface area contributed by atoms with E-state index in [9.17, 15) is 0 Å². The first-order valence-corrected chi connectivity index (χ1v) is 9.27. The van der Waals surface area contributed by atoms with Crippen LogP contribution in [-0.4, -0.2) is 69.2 Å². The van der Waals surface area contributed by atoms with E-state index in [0.717, 1.165) is 18.5 Å². The Balaban J connectivity index is 0.000000352. The maximum absolute atomic E-state index is 9.10. The van der Waals surface area contributed by atoms with Crippen molar-refractivity contribution in [1.29, 1.82) is 0 Å². The summed E-state index contributed by atoms with van der Waals surface area (Å²) in [6.45, 7) is 8.38. The molecule has 1 saturated heterocycles. The Morgan fingerprint density at radius 2 is 1.69 bits per heavy atom. The average molecular weight is 363 g/mol. The molecule has 2 heterocycles. The molecule has 26 heavy (non-hydrogen) atoms. The number of carboxylic acid groups (broad SMARTS) is 2. The lowest BCUT2D eigenvalue weighted by atomic mass is 9.86. The lowest BCUT2D eigenvalue weighted by molar-refractivity contribution is -0.159. The van der Waals surface area contributed by atoms with Gasteiger partial charge in [-0.15, -0.1) is 0 Å². The van der Waals surface area contributed by atoms with Gasteiger partial charge in [0.25, 0.3) is 0 Å². The average Bonchev–Trinajstić information content (AvgIpc) is 2.64. The number of aromatic nitrogens is 1. The minimum absolute atomic E-state index is 0.867. The van der Waals surface area contributed by atoms with E-state index in [4.69, 9.17) is 19.8 Å². The monoisotopic (exact) mass is 363 g/mol. The Bertz CT molecular complexity index is 553. The van der Waals surface area contributed by atoms with Gasteiger partial charge in [0.15, 0.2) is 0 Å². The molecule has 1 aromatic rings. The van der Waals surface area contributed by atoms with Crippen molar-refractivity contribution < 1.29 is 19.8 Å². The van der Waals surface area contributed by atoms with Gasteiger partial charge in [-0.25, -0.2) is 9.59 Å². The van der Waals surface area contributed by atoms with Crippen molar-refractivity contribution >= 4 is 11.9 Å². The molecule has 2 N–H and O–H groups in total. The molecule has 1 aliphatic carbocycles. The number of piperazine rings is 1. The Morgan fingerprint density at radius 3 is 2.19 bits per heavy atom. The molecular formula is C19H29N3O4. The van der Waals surface area contributed by atoms with Gasteiger partial charge in [0.2, 0.25) is 0 Å². The van der Waals surface area contributed by atoms with E-state index in [-0.39, 0.29) is 0 Å². The molecule has 0 bridgehead atoms. The SMILES string of the molecule is CC1CCC(N2CCN(Cc3cccnc3)CC2)CC1.O=C(O)C(=O)O. The minimum Gasteiger partial charge on any atom is -0.473 e. The molecule has 0 amide bonds. The number of hydrogen-bond acceptors (Lipinski definition) is 5. The Morgan fingerprint density at radius 1 is 1.08 bits per heavy atom. The van der Waals surface area contributed by atoms with Gasteiger partial charge in [-0.2, -0.15) is 0 Å². The number of rotatable bonds is 3. The van der Waals surface area contributed by atoms with Crippen molar-refractivity contribution in [2.45, 2.75) is 45.2 Å². The van der Waals surface area contributed by atoms with Crippen LogP contribution in [0.15, 0.2) is 24.5 Å². The molecule has 0 unspecified atom stereocenters. The molecular weight excluding hydrogens is 334 g/mol. The fourth-order valence-corrected chi connectivity index (χ4v) is 3.64. The number of nitrogens with zero attached hydrogens (tertiary/aromatic N) is 3. The van der Waals surface area contributed by atoms with Crippen molar-refractivity contribution in [3.8, 4) is 0 Å². The van der Waals surface area contributed by atoms with E-state index in [2.05, 4.69) is 27.8 Å². The molecule has 3 rings (SSSR count). The van der Waals surface area contributed by atoms with Crippen LogP contribution in [0.2, 0.25) is 0 Å². The Labute approximate surface area is 154 Å². The van der Waals surface area contributed by atoms with E-state index in [1.807, 2.05) is 18.5 Å². The van der Waals surface area contributed by atoms with Crippen LogP contribution in [0.25, 0.3) is 0 Å². The normalized spacial score (nSPS) is 24.3. The van der Waals surface area contributed by atoms with Crippen LogP contribution in [0.4, 0.5) is 0 Å². The molecule has 2 fully saturated rings. The third-order valence-electron chi connectivity index (χ3n) is 5.22. The largest absolute Gasteiger partial charge is 0.473 e. The summed E-state index contributed by atoms with van der Waals surface area (Å²) in [6, 6.07) is 5.09. The molecule has 0 aromatic carbocycles. The Hall–Kier alpha value is -1.99. The number of carboxylic acids is 2. The van der Waals surface area contributed by atoms with Crippen LogP contribution in [0.3, 0.4) is 0 Å². The molecule has 2 aliphatic rings. The van der Waals surface area contributed by atoms with Crippen molar-refractivity contribution in [3.63, 3.8) is 0 Å². The van der Waals surface area contributed by atoms with Crippen molar-refractivity contribution in [1.82, 2.24) is 14.8 Å². The standard InChI is InChI=1S/C17H27N3.C2H2O4/c1-15-4-6-17(7-5-15)20-11-9-19(10-12-20)14-16-3-2-8-18-13-16;3-1(4)2(5)6/h2-3,8,13,15,17H,4-7,9-12,14H2,1H3;(H,3,4)(H,5,6). The number of pyridine rings is 1. The predicted octanol–water partition coefficient (Wildman–Crippen LogP) is 1.93. The van der Waals surface area contributed by atoms with E-state index < -0.39 is 11.9 Å². The zero-order chi connectivity index (χ0) is 18.9. The van der Waals surface area contributed by atoms with Crippen LogP contribution >= 0.6 is 0 Å². The summed E-state index contributed by atoms with van der Waals surface area (Å²) in [6.07, 6.45) is 9.55. The van der Waals surface area contributed by atoms with Crippen LogP contribution in [0.1, 0.15) is 38.2 Å². The summed E-state index contributed by atoms with van der Waals surface area (Å²) in [4.78, 5) is 27.7. The van der Waals surface area contributed by atoms with E-state index in [0.29, 0.717) is 0 Å². The van der Waals surface area contributed by atoms with Gasteiger partial charge in [-0.05, 0) is 43.2 Å². The first kappa shape index (κ1) is 20.3. The second-order valence-corrected chi connectivity index (χ2v) is 7.20. The quantitative estimate of drug-likeness (QED) is 0.793. The van der Waals surface area contributed by atoms with Gasteiger partial charge in [0, 0.05) is 51.2 Å². The van der Waals surface area contributed by atoms with Gasteiger partial charge in [-0.1, -0.05) is 13.0 Å². The van der Waals surface area contributed by atoms with Gasteiger partial charge < -0.3 is 10.2 Å². The number of hydrogen-bond donors (Lipinski definition) is 2. The Kier molecular flexibility index (Phi) is 8.00. The van der Waals surface area contributed by atoms with Crippen molar-refractivity contribution in [2.24, 2.45) is 5.92 Å². The van der Waals surface area contributed by atoms with E-state index in [1.54, 1.807) is 0 Å². The van der Waals surface area contributed by atoms with Gasteiger partial charge in [0.05, 0.1) is 0 Å². The zero-order valence-electron chi connectivity index (χ0n) is 15.4. The zero-order valence-corrected chi connectivity index (χ0v) is 15.4. The fourth-order valence-electron chi connectivity index (χ4n) is 3.64. The maximum Gasteiger partial charge on any atom is 0.414 e. The summed E-state index contributed by atoms with van der Waals surface area (Å²) in [7, 11) is 0. The summed E-state index contributed by atoms with van der Waals surface area (Å²) < 4.78 is 0. The number of carbonyl (C=O) groups is 2. The summed E-state index contributed by atoms with van der Waals surface area (Å²) >= 11 is 0. The molecule has 0 spiro atoms. The summed E-state index contributed by atoms with van der Waals surface area (Å²) in [5.74, 6) is -2.69. The highest BCUT2D eigenvalue weighted by atomic mass is 16.4. The highest BCUT2D eigenvalue weighted by Gasteiger charge is 2.26. The highest BCUT2D eigenvalue weighted by molar-refractivity contribution is 6.27. The van der Waals surface area contributed by atoms with Gasteiger partial charge in [0.1, 0.15) is 0 Å². The van der Waals surface area contributed by atoms with Crippen LogP contribution in [-0.2, 0) is 16.1 Å². The van der Waals surface area contributed by atoms with Crippen LogP contribution < -0.4 is 0 Å². The van der Waals surface area contributed by atoms with Gasteiger partial charge in [-0.3, -0.25) is 14.8 Å². The van der Waals surface area contributed by atoms with E-state index >= 15 is 0 Å². The molecule has 0 atom stereocenters. The first-order chi connectivity index (χ1) is 12.5. The summed E-state index contributed by atoms with van der Waals surface area (Å²) in [5, 5.41) is 14.8. The van der Waals surface area contributed by atoms with E-state index in [1.165, 1.54) is 57.4 Å². The fraction of sp³-hybridized carbons (Fsp3) is 0.632. The lowest BCUT2D eigenvalue weighted by Crippen LogP contribution is -2.50. The highest BCUT2D eigenvalue weighted by Crippen LogP contribution is 2.27. The van der Waals surface area contributed by atoms with Gasteiger partial charge >= 0.3 is 11.9 Å². The topological polar surface area (TPSA) is 94.0 Å². The second kappa shape index (κ2) is 10.2. The lowest BCUT2D eigenvalue weighted by Gasteiger charge is -2.41. The van der Waals surface area contributed by atoms with Crippen LogP contribution in [0.5, 0.6) is 0 Å². The number of aliphatic carboxylic acids is 2. The molecule has 1 aliphatic heterocycles. The molecule has 144 valence electrons. The molecule has 0 radical (unpaired) electrons. The third-order valence-corrected chi connectivity index (χ3v) is 5.22. The second-order valence-electron chi connectivity index (χ2n) is 7.20. The van der Waals surface area contributed by atoms with Crippen molar-refractivity contribution in [2.75, 3.05) is 26.2 Å². The smallest absolute Gasteiger partial charge is 0.414 e. The molecule has 1 aromatic heterocycles. The molecule has 7 heteroatoms.